The zero-order valence-corrected chi connectivity index (χ0v) is 17.2. The van der Waals surface area contributed by atoms with Gasteiger partial charge in [-0.1, -0.05) is 30.3 Å². The first-order chi connectivity index (χ1) is 14.7. The van der Waals surface area contributed by atoms with Crippen molar-refractivity contribution in [3.05, 3.63) is 65.0 Å². The van der Waals surface area contributed by atoms with Crippen LogP contribution >= 0.6 is 11.3 Å². The highest BCUT2D eigenvalue weighted by Gasteiger charge is 2.34. The normalized spacial score (nSPS) is 17.7. The molecule has 7 heteroatoms. The number of anilines is 1. The van der Waals surface area contributed by atoms with Crippen molar-refractivity contribution in [1.82, 2.24) is 9.88 Å². The molecule has 6 nitrogen and oxygen atoms in total. The number of thiazole rings is 1. The summed E-state index contributed by atoms with van der Waals surface area (Å²) in [5.74, 6) is 0.445. The van der Waals surface area contributed by atoms with Gasteiger partial charge in [0.15, 0.2) is 5.13 Å². The summed E-state index contributed by atoms with van der Waals surface area (Å²) in [6, 6.07) is 15.9. The summed E-state index contributed by atoms with van der Waals surface area (Å²) in [4.78, 5) is 31.4. The second-order valence-electron chi connectivity index (χ2n) is 7.61. The molecular formula is C23H21N3O3S. The third kappa shape index (κ3) is 3.80. The van der Waals surface area contributed by atoms with E-state index in [0.717, 1.165) is 35.6 Å². The van der Waals surface area contributed by atoms with Crippen molar-refractivity contribution >= 4 is 28.3 Å². The topological polar surface area (TPSA) is 71.5 Å². The lowest BCUT2D eigenvalue weighted by molar-refractivity contribution is -0.128. The molecule has 1 N–H and O–H groups in total. The number of nitrogens with zero attached hydrogens (tertiary/aromatic N) is 2. The number of hydrogen-bond acceptors (Lipinski definition) is 5. The van der Waals surface area contributed by atoms with Gasteiger partial charge in [0.25, 0.3) is 0 Å². The van der Waals surface area contributed by atoms with Crippen LogP contribution in [0.15, 0.2) is 53.9 Å². The van der Waals surface area contributed by atoms with E-state index in [2.05, 4.69) is 16.4 Å². The van der Waals surface area contributed by atoms with Gasteiger partial charge in [0, 0.05) is 36.9 Å². The highest BCUT2D eigenvalue weighted by molar-refractivity contribution is 7.14. The summed E-state index contributed by atoms with van der Waals surface area (Å²) in [5.41, 5.74) is 4.10. The molecule has 3 heterocycles. The van der Waals surface area contributed by atoms with Crippen LogP contribution < -0.4 is 10.1 Å². The Morgan fingerprint density at radius 2 is 2.10 bits per heavy atom. The van der Waals surface area contributed by atoms with Crippen LogP contribution in [-0.4, -0.2) is 34.8 Å². The van der Waals surface area contributed by atoms with E-state index in [1.165, 1.54) is 16.9 Å². The van der Waals surface area contributed by atoms with Crippen molar-refractivity contribution < 1.29 is 14.3 Å². The van der Waals surface area contributed by atoms with Gasteiger partial charge in [0.2, 0.25) is 11.8 Å². The fourth-order valence-electron chi connectivity index (χ4n) is 3.92. The number of carbonyl (C=O) groups is 2. The van der Waals surface area contributed by atoms with Crippen molar-refractivity contribution in [3.63, 3.8) is 0 Å². The number of carbonyl (C=O) groups excluding carboxylic acids is 2. The van der Waals surface area contributed by atoms with Crippen LogP contribution in [-0.2, 0) is 22.6 Å². The van der Waals surface area contributed by atoms with Crippen molar-refractivity contribution in [1.29, 1.82) is 0 Å². The largest absolute Gasteiger partial charge is 0.493 e. The van der Waals surface area contributed by atoms with E-state index in [0.29, 0.717) is 18.2 Å². The molecule has 30 heavy (non-hydrogen) atoms. The standard InChI is InChI=1S/C23H21N3O3S/c27-21-11-18(13-26(21)12-15-4-2-1-3-5-15)22(28)25-23-24-19(14-30-23)16-6-7-20-17(10-16)8-9-29-20/h1-7,10,14,18H,8-9,11-13H2,(H,24,25,28)/t18-/m0/s1. The van der Waals surface area contributed by atoms with Crippen LogP contribution in [0.4, 0.5) is 5.13 Å². The van der Waals surface area contributed by atoms with Gasteiger partial charge in [-0.2, -0.15) is 0 Å². The third-order valence-corrected chi connectivity index (χ3v) is 6.28. The summed E-state index contributed by atoms with van der Waals surface area (Å²) in [5, 5.41) is 5.39. The number of nitrogens with one attached hydrogen (secondary N) is 1. The van der Waals surface area contributed by atoms with Crippen LogP contribution in [0.3, 0.4) is 0 Å². The lowest BCUT2D eigenvalue weighted by Crippen LogP contribution is -2.28. The summed E-state index contributed by atoms with van der Waals surface area (Å²) >= 11 is 1.40. The van der Waals surface area contributed by atoms with Crippen LogP contribution in [0.2, 0.25) is 0 Å². The van der Waals surface area contributed by atoms with Gasteiger partial charge in [0.1, 0.15) is 5.75 Å². The number of amides is 2. The molecule has 0 saturated carbocycles. The second kappa shape index (κ2) is 7.91. The summed E-state index contributed by atoms with van der Waals surface area (Å²) in [6.45, 7) is 1.69. The van der Waals surface area contributed by atoms with Gasteiger partial charge in [-0.3, -0.25) is 9.59 Å². The van der Waals surface area contributed by atoms with Gasteiger partial charge in [-0.15, -0.1) is 11.3 Å². The minimum absolute atomic E-state index is 0.0131. The van der Waals surface area contributed by atoms with Gasteiger partial charge < -0.3 is 15.0 Å². The first-order valence-electron chi connectivity index (χ1n) is 10.00. The average Bonchev–Trinajstić information content (AvgIpc) is 3.49. The molecule has 0 radical (unpaired) electrons. The highest BCUT2D eigenvalue weighted by Crippen LogP contribution is 2.32. The van der Waals surface area contributed by atoms with Crippen LogP contribution in [0.25, 0.3) is 11.3 Å². The molecule has 1 fully saturated rings. The maximum absolute atomic E-state index is 12.7. The maximum Gasteiger partial charge on any atom is 0.231 e. The molecule has 3 aromatic rings. The molecule has 2 aromatic carbocycles. The number of benzene rings is 2. The second-order valence-corrected chi connectivity index (χ2v) is 8.47. The fourth-order valence-corrected chi connectivity index (χ4v) is 4.64. The number of ether oxygens (including phenoxy) is 1. The quantitative estimate of drug-likeness (QED) is 0.684. The Bertz CT molecular complexity index is 1100. The molecule has 1 saturated heterocycles. The van der Waals surface area contributed by atoms with E-state index >= 15 is 0 Å². The summed E-state index contributed by atoms with van der Waals surface area (Å²) in [7, 11) is 0. The van der Waals surface area contributed by atoms with Crippen molar-refractivity contribution in [3.8, 4) is 17.0 Å². The van der Waals surface area contributed by atoms with Gasteiger partial charge in [0.05, 0.1) is 18.2 Å². The zero-order valence-electron chi connectivity index (χ0n) is 16.3. The lowest BCUT2D eigenvalue weighted by Gasteiger charge is -2.16. The van der Waals surface area contributed by atoms with E-state index < -0.39 is 0 Å². The van der Waals surface area contributed by atoms with Crippen molar-refractivity contribution in [2.75, 3.05) is 18.5 Å². The molecule has 2 aliphatic rings. The Kier molecular flexibility index (Phi) is 4.96. The molecule has 152 valence electrons. The van der Waals surface area contributed by atoms with Gasteiger partial charge >= 0.3 is 0 Å². The number of aromatic nitrogens is 1. The fraction of sp³-hybridized carbons (Fsp3) is 0.261. The predicted octanol–water partition coefficient (Wildman–Crippen LogP) is 3.73. The Labute approximate surface area is 178 Å². The molecule has 1 aromatic heterocycles. The van der Waals surface area contributed by atoms with Crippen LogP contribution in [0, 0.1) is 5.92 Å². The van der Waals surface area contributed by atoms with Crippen molar-refractivity contribution in [2.24, 2.45) is 5.92 Å². The molecule has 5 rings (SSSR count). The van der Waals surface area contributed by atoms with E-state index in [4.69, 9.17) is 4.74 Å². The predicted molar refractivity (Wildman–Crippen MR) is 115 cm³/mol. The molecule has 0 unspecified atom stereocenters. The maximum atomic E-state index is 12.7. The van der Waals surface area contributed by atoms with Crippen LogP contribution in [0.1, 0.15) is 17.5 Å². The van der Waals surface area contributed by atoms with E-state index in [1.807, 2.05) is 47.8 Å². The van der Waals surface area contributed by atoms with Crippen molar-refractivity contribution in [2.45, 2.75) is 19.4 Å². The Morgan fingerprint density at radius 1 is 1.23 bits per heavy atom. The molecule has 2 amide bonds. The molecule has 0 aliphatic carbocycles. The van der Waals surface area contributed by atoms with Gasteiger partial charge in [-0.05, 0) is 29.3 Å². The Balaban J connectivity index is 1.22. The van der Waals surface area contributed by atoms with Gasteiger partial charge in [-0.25, -0.2) is 4.98 Å². The number of hydrogen-bond donors (Lipinski definition) is 1. The van der Waals surface area contributed by atoms with Crippen LogP contribution in [0.5, 0.6) is 5.75 Å². The minimum Gasteiger partial charge on any atom is -0.493 e. The van der Waals surface area contributed by atoms with E-state index in [-0.39, 0.29) is 24.2 Å². The molecule has 2 aliphatic heterocycles. The highest BCUT2D eigenvalue weighted by atomic mass is 32.1. The van der Waals surface area contributed by atoms with E-state index in [9.17, 15) is 9.59 Å². The average molecular weight is 420 g/mol. The first kappa shape index (κ1) is 18.8. The first-order valence-corrected chi connectivity index (χ1v) is 10.9. The minimum atomic E-state index is -0.356. The third-order valence-electron chi connectivity index (χ3n) is 5.52. The smallest absolute Gasteiger partial charge is 0.231 e. The van der Waals surface area contributed by atoms with E-state index in [1.54, 1.807) is 4.90 Å². The monoisotopic (exact) mass is 419 g/mol. The molecule has 1 atom stereocenters. The lowest BCUT2D eigenvalue weighted by atomic mass is 10.1. The number of fused-ring (bicyclic) bond motifs is 1. The Morgan fingerprint density at radius 3 is 2.97 bits per heavy atom. The zero-order chi connectivity index (χ0) is 20.5. The summed E-state index contributed by atoms with van der Waals surface area (Å²) < 4.78 is 5.55. The molecule has 0 bridgehead atoms. The number of likely N-dealkylation sites (tertiary alicyclic amines) is 1. The Hall–Kier alpha value is -3.19. The SMILES string of the molecule is O=C(Nc1nc(-c2ccc3c(c2)CCO3)cs1)[C@H]1CC(=O)N(Cc2ccccc2)C1. The molecule has 0 spiro atoms. The molecular weight excluding hydrogens is 398 g/mol. The summed E-state index contributed by atoms with van der Waals surface area (Å²) in [6.07, 6.45) is 1.15. The number of rotatable bonds is 5.